The SMILES string of the molecule is CCc1cc(CNC(C)C(=O)N(CC)CC)n(C)n1. The fraction of sp³-hybridized carbons (Fsp3) is 0.714. The van der Waals surface area contributed by atoms with Gasteiger partial charge in [-0.05, 0) is 33.3 Å². The lowest BCUT2D eigenvalue weighted by atomic mass is 10.2. The van der Waals surface area contributed by atoms with Gasteiger partial charge in [0.25, 0.3) is 0 Å². The average molecular weight is 266 g/mol. The van der Waals surface area contributed by atoms with Crippen molar-refractivity contribution in [1.82, 2.24) is 20.0 Å². The molecule has 108 valence electrons. The van der Waals surface area contributed by atoms with Crippen molar-refractivity contribution in [2.45, 2.75) is 46.7 Å². The summed E-state index contributed by atoms with van der Waals surface area (Å²) in [6.45, 7) is 10.2. The summed E-state index contributed by atoms with van der Waals surface area (Å²) in [6, 6.07) is 1.92. The van der Waals surface area contributed by atoms with E-state index in [-0.39, 0.29) is 11.9 Å². The van der Waals surface area contributed by atoms with Gasteiger partial charge in [-0.3, -0.25) is 9.48 Å². The van der Waals surface area contributed by atoms with Gasteiger partial charge in [0.15, 0.2) is 0 Å². The number of likely N-dealkylation sites (N-methyl/N-ethyl adjacent to an activating group) is 1. The first-order chi connectivity index (χ1) is 9.03. The highest BCUT2D eigenvalue weighted by Gasteiger charge is 2.17. The maximum atomic E-state index is 12.1. The molecule has 5 nitrogen and oxygen atoms in total. The quantitative estimate of drug-likeness (QED) is 0.810. The second-order valence-corrected chi connectivity index (χ2v) is 4.72. The van der Waals surface area contributed by atoms with Crippen LogP contribution < -0.4 is 5.32 Å². The van der Waals surface area contributed by atoms with E-state index in [1.807, 2.05) is 37.4 Å². The first-order valence-electron chi connectivity index (χ1n) is 7.07. The molecule has 0 bridgehead atoms. The van der Waals surface area contributed by atoms with E-state index in [0.717, 1.165) is 30.9 Å². The van der Waals surface area contributed by atoms with Crippen molar-refractivity contribution in [3.05, 3.63) is 17.5 Å². The van der Waals surface area contributed by atoms with Crippen LogP contribution in [0.15, 0.2) is 6.07 Å². The molecule has 1 aromatic rings. The minimum atomic E-state index is -0.167. The van der Waals surface area contributed by atoms with Crippen LogP contribution in [0.5, 0.6) is 0 Å². The molecule has 1 unspecified atom stereocenters. The summed E-state index contributed by atoms with van der Waals surface area (Å²) < 4.78 is 1.88. The fourth-order valence-electron chi connectivity index (χ4n) is 2.06. The first-order valence-corrected chi connectivity index (χ1v) is 7.07. The molecule has 0 aliphatic heterocycles. The number of aromatic nitrogens is 2. The molecule has 1 N–H and O–H groups in total. The maximum absolute atomic E-state index is 12.1. The number of nitrogens with zero attached hydrogens (tertiary/aromatic N) is 3. The molecule has 19 heavy (non-hydrogen) atoms. The predicted molar refractivity (Wildman–Crippen MR) is 76.8 cm³/mol. The normalized spacial score (nSPS) is 12.5. The minimum absolute atomic E-state index is 0.155. The molecule has 5 heteroatoms. The summed E-state index contributed by atoms with van der Waals surface area (Å²) in [5.74, 6) is 0.155. The second kappa shape index (κ2) is 7.28. The van der Waals surface area contributed by atoms with Crippen LogP contribution in [-0.2, 0) is 24.8 Å². The fourth-order valence-corrected chi connectivity index (χ4v) is 2.06. The van der Waals surface area contributed by atoms with E-state index in [2.05, 4.69) is 23.4 Å². The molecule has 0 fully saturated rings. The maximum Gasteiger partial charge on any atom is 0.239 e. The van der Waals surface area contributed by atoms with E-state index < -0.39 is 0 Å². The van der Waals surface area contributed by atoms with Crippen LogP contribution in [0.1, 0.15) is 39.1 Å². The van der Waals surface area contributed by atoms with Crippen LogP contribution in [0, 0.1) is 0 Å². The molecule has 0 saturated heterocycles. The van der Waals surface area contributed by atoms with Crippen molar-refractivity contribution in [2.75, 3.05) is 13.1 Å². The topological polar surface area (TPSA) is 50.2 Å². The summed E-state index contributed by atoms with van der Waals surface area (Å²) in [6.07, 6.45) is 0.932. The van der Waals surface area contributed by atoms with Crippen LogP contribution in [0.4, 0.5) is 0 Å². The lowest BCUT2D eigenvalue weighted by molar-refractivity contribution is -0.132. The van der Waals surface area contributed by atoms with Crippen molar-refractivity contribution in [3.8, 4) is 0 Å². The van der Waals surface area contributed by atoms with Gasteiger partial charge in [0.05, 0.1) is 17.4 Å². The van der Waals surface area contributed by atoms with Gasteiger partial charge in [0, 0.05) is 26.7 Å². The highest BCUT2D eigenvalue weighted by atomic mass is 16.2. The van der Waals surface area contributed by atoms with Crippen molar-refractivity contribution < 1.29 is 4.79 Å². The zero-order valence-corrected chi connectivity index (χ0v) is 12.7. The number of nitrogens with one attached hydrogen (secondary N) is 1. The summed E-state index contributed by atoms with van der Waals surface area (Å²) in [7, 11) is 1.94. The molecule has 0 spiro atoms. The standard InChI is InChI=1S/C14H26N4O/c1-6-12-9-13(17(5)16-12)10-15-11(4)14(19)18(7-2)8-3/h9,11,15H,6-8,10H2,1-5H3. The van der Waals surface area contributed by atoms with Crippen LogP contribution in [-0.4, -0.2) is 39.7 Å². The Bertz CT molecular complexity index is 410. The van der Waals surface area contributed by atoms with Crippen LogP contribution in [0.2, 0.25) is 0 Å². The molecule has 1 heterocycles. The lowest BCUT2D eigenvalue weighted by Gasteiger charge is -2.23. The number of aryl methyl sites for hydroxylation is 2. The Hall–Kier alpha value is -1.36. The monoisotopic (exact) mass is 266 g/mol. The van der Waals surface area contributed by atoms with E-state index in [4.69, 9.17) is 0 Å². The van der Waals surface area contributed by atoms with Gasteiger partial charge < -0.3 is 10.2 Å². The van der Waals surface area contributed by atoms with Gasteiger partial charge in [-0.2, -0.15) is 5.10 Å². The van der Waals surface area contributed by atoms with E-state index in [1.54, 1.807) is 0 Å². The summed E-state index contributed by atoms with van der Waals surface area (Å²) >= 11 is 0. The van der Waals surface area contributed by atoms with Crippen LogP contribution in [0.25, 0.3) is 0 Å². The van der Waals surface area contributed by atoms with Gasteiger partial charge in [-0.1, -0.05) is 6.92 Å². The Kier molecular flexibility index (Phi) is 6.02. The third-order valence-electron chi connectivity index (χ3n) is 3.42. The third-order valence-corrected chi connectivity index (χ3v) is 3.42. The summed E-state index contributed by atoms with van der Waals surface area (Å²) in [5.41, 5.74) is 2.19. The zero-order chi connectivity index (χ0) is 14.4. The largest absolute Gasteiger partial charge is 0.342 e. The van der Waals surface area contributed by atoms with E-state index >= 15 is 0 Å². The van der Waals surface area contributed by atoms with Crippen LogP contribution in [0.3, 0.4) is 0 Å². The Morgan fingerprint density at radius 3 is 2.53 bits per heavy atom. The first kappa shape index (κ1) is 15.7. The van der Waals surface area contributed by atoms with Crippen LogP contribution >= 0.6 is 0 Å². The molecule has 1 rings (SSSR count). The lowest BCUT2D eigenvalue weighted by Crippen LogP contribution is -2.44. The molecule has 1 aromatic heterocycles. The predicted octanol–water partition coefficient (Wildman–Crippen LogP) is 1.33. The number of rotatable bonds is 7. The minimum Gasteiger partial charge on any atom is -0.342 e. The Morgan fingerprint density at radius 2 is 2.05 bits per heavy atom. The van der Waals surface area contributed by atoms with Gasteiger partial charge in [0.1, 0.15) is 0 Å². The zero-order valence-electron chi connectivity index (χ0n) is 12.7. The number of carbonyl (C=O) groups is 1. The number of hydrogen-bond donors (Lipinski definition) is 1. The highest BCUT2D eigenvalue weighted by molar-refractivity contribution is 5.81. The molecule has 0 aromatic carbocycles. The van der Waals surface area contributed by atoms with Gasteiger partial charge in [0.2, 0.25) is 5.91 Å². The molecular weight excluding hydrogens is 240 g/mol. The van der Waals surface area contributed by atoms with Crippen molar-refractivity contribution in [3.63, 3.8) is 0 Å². The number of hydrogen-bond acceptors (Lipinski definition) is 3. The van der Waals surface area contributed by atoms with Gasteiger partial charge >= 0.3 is 0 Å². The Balaban J connectivity index is 2.55. The van der Waals surface area contributed by atoms with Gasteiger partial charge in [-0.15, -0.1) is 0 Å². The summed E-state index contributed by atoms with van der Waals surface area (Å²) in [5, 5.41) is 7.67. The summed E-state index contributed by atoms with van der Waals surface area (Å²) in [4.78, 5) is 14.0. The third kappa shape index (κ3) is 4.06. The van der Waals surface area contributed by atoms with Crippen molar-refractivity contribution in [2.24, 2.45) is 7.05 Å². The van der Waals surface area contributed by atoms with Crippen molar-refractivity contribution >= 4 is 5.91 Å². The molecule has 0 aliphatic rings. The van der Waals surface area contributed by atoms with E-state index in [0.29, 0.717) is 6.54 Å². The highest BCUT2D eigenvalue weighted by Crippen LogP contribution is 2.04. The molecule has 0 saturated carbocycles. The molecular formula is C14H26N4O. The Labute approximate surface area is 116 Å². The molecule has 1 atom stereocenters. The van der Waals surface area contributed by atoms with E-state index in [1.165, 1.54) is 0 Å². The molecule has 0 aliphatic carbocycles. The second-order valence-electron chi connectivity index (χ2n) is 4.72. The van der Waals surface area contributed by atoms with Crippen molar-refractivity contribution in [1.29, 1.82) is 0 Å². The number of amides is 1. The molecule has 0 radical (unpaired) electrons. The number of carbonyl (C=O) groups excluding carboxylic acids is 1. The van der Waals surface area contributed by atoms with E-state index in [9.17, 15) is 4.79 Å². The smallest absolute Gasteiger partial charge is 0.239 e. The van der Waals surface area contributed by atoms with Gasteiger partial charge in [-0.25, -0.2) is 0 Å². The molecule has 1 amide bonds. The Morgan fingerprint density at radius 1 is 1.42 bits per heavy atom. The average Bonchev–Trinajstić information content (AvgIpc) is 2.77.